The second kappa shape index (κ2) is 4.47. The van der Waals surface area contributed by atoms with Crippen molar-refractivity contribution < 1.29 is 14.2 Å². The summed E-state index contributed by atoms with van der Waals surface area (Å²) in [7, 11) is -0.497. The van der Waals surface area contributed by atoms with Gasteiger partial charge in [0, 0.05) is 30.8 Å². The van der Waals surface area contributed by atoms with Gasteiger partial charge in [-0.3, -0.25) is 10.1 Å². The fourth-order valence-corrected chi connectivity index (χ4v) is 1.67. The van der Waals surface area contributed by atoms with Gasteiger partial charge in [-0.25, -0.2) is 0 Å². The van der Waals surface area contributed by atoms with Crippen molar-refractivity contribution in [2.24, 2.45) is 5.41 Å². The molecule has 0 N–H and O–H groups in total. The number of nitro groups is 1. The third-order valence-corrected chi connectivity index (χ3v) is 2.60. The molecule has 0 bridgehead atoms. The van der Waals surface area contributed by atoms with Crippen LogP contribution in [0.3, 0.4) is 0 Å². The molecule has 0 aromatic heterocycles. The lowest BCUT2D eigenvalue weighted by atomic mass is 9.76. The SMILES string of the molecule is CC1(C)COB(c2cccc([N+](=O)[O-])c2)OC1. The van der Waals surface area contributed by atoms with Gasteiger partial charge in [0.05, 0.1) is 4.92 Å². The minimum absolute atomic E-state index is 0.00276. The Balaban J connectivity index is 2.13. The maximum absolute atomic E-state index is 10.7. The number of nitro benzene ring substituents is 1. The predicted octanol–water partition coefficient (Wildman–Crippen LogP) is 1.36. The first-order valence-corrected chi connectivity index (χ1v) is 5.45. The maximum atomic E-state index is 10.7. The van der Waals surface area contributed by atoms with Gasteiger partial charge in [0.1, 0.15) is 0 Å². The molecule has 0 spiro atoms. The molecule has 1 heterocycles. The Kier molecular flexibility index (Phi) is 3.17. The molecular formula is C11H14BNO4. The smallest absolute Gasteiger partial charge is 0.407 e. The second-order valence-corrected chi connectivity index (χ2v) is 4.97. The molecule has 17 heavy (non-hydrogen) atoms. The van der Waals surface area contributed by atoms with Crippen molar-refractivity contribution in [3.05, 3.63) is 34.4 Å². The van der Waals surface area contributed by atoms with E-state index >= 15 is 0 Å². The summed E-state index contributed by atoms with van der Waals surface area (Å²) in [4.78, 5) is 10.2. The summed E-state index contributed by atoms with van der Waals surface area (Å²) in [6, 6.07) is 6.36. The lowest BCUT2D eigenvalue weighted by Gasteiger charge is -2.33. The van der Waals surface area contributed by atoms with Gasteiger partial charge >= 0.3 is 7.12 Å². The molecule has 1 fully saturated rings. The van der Waals surface area contributed by atoms with E-state index in [1.54, 1.807) is 12.1 Å². The van der Waals surface area contributed by atoms with Gasteiger partial charge in [-0.2, -0.15) is 0 Å². The van der Waals surface area contributed by atoms with Crippen molar-refractivity contribution in [1.82, 2.24) is 0 Å². The third kappa shape index (κ3) is 2.84. The van der Waals surface area contributed by atoms with Crippen LogP contribution in [0.5, 0.6) is 0 Å². The number of rotatable bonds is 2. The predicted molar refractivity (Wildman–Crippen MR) is 64.2 cm³/mol. The highest BCUT2D eigenvalue weighted by Gasteiger charge is 2.33. The summed E-state index contributed by atoms with van der Waals surface area (Å²) < 4.78 is 11.1. The Morgan fingerprint density at radius 2 is 2.00 bits per heavy atom. The Hall–Kier alpha value is -1.40. The highest BCUT2D eigenvalue weighted by molar-refractivity contribution is 6.61. The average molecular weight is 235 g/mol. The van der Waals surface area contributed by atoms with Crippen LogP contribution in [-0.2, 0) is 9.31 Å². The number of hydrogen-bond donors (Lipinski definition) is 0. The van der Waals surface area contributed by atoms with Crippen LogP contribution < -0.4 is 5.46 Å². The lowest BCUT2D eigenvalue weighted by Crippen LogP contribution is -2.47. The van der Waals surface area contributed by atoms with E-state index in [1.807, 2.05) is 0 Å². The summed E-state index contributed by atoms with van der Waals surface area (Å²) in [5.41, 5.74) is 0.742. The van der Waals surface area contributed by atoms with Gasteiger partial charge in [0.15, 0.2) is 0 Å². The maximum Gasteiger partial charge on any atom is 0.494 e. The van der Waals surface area contributed by atoms with Crippen LogP contribution in [0.4, 0.5) is 5.69 Å². The number of benzene rings is 1. The van der Waals surface area contributed by atoms with Crippen LogP contribution in [0, 0.1) is 15.5 Å². The minimum Gasteiger partial charge on any atom is -0.407 e. The molecule has 1 aliphatic rings. The van der Waals surface area contributed by atoms with E-state index in [0.29, 0.717) is 18.7 Å². The van der Waals surface area contributed by atoms with Crippen LogP contribution >= 0.6 is 0 Å². The van der Waals surface area contributed by atoms with Crippen molar-refractivity contribution in [3.63, 3.8) is 0 Å². The molecule has 90 valence electrons. The third-order valence-electron chi connectivity index (χ3n) is 2.60. The van der Waals surface area contributed by atoms with E-state index in [2.05, 4.69) is 13.8 Å². The zero-order valence-electron chi connectivity index (χ0n) is 9.88. The van der Waals surface area contributed by atoms with Crippen LogP contribution in [0.15, 0.2) is 24.3 Å². The summed E-state index contributed by atoms with van der Waals surface area (Å²) in [5, 5.41) is 10.7. The molecule has 5 nitrogen and oxygen atoms in total. The zero-order chi connectivity index (χ0) is 12.5. The van der Waals surface area contributed by atoms with E-state index in [4.69, 9.17) is 9.31 Å². The van der Waals surface area contributed by atoms with Crippen molar-refractivity contribution >= 4 is 18.3 Å². The normalized spacial score (nSPS) is 19.1. The molecule has 0 radical (unpaired) electrons. The van der Waals surface area contributed by atoms with Crippen molar-refractivity contribution in [2.45, 2.75) is 13.8 Å². The number of hydrogen-bond acceptors (Lipinski definition) is 4. The van der Waals surface area contributed by atoms with Crippen LogP contribution in [0.1, 0.15) is 13.8 Å². The molecule has 0 saturated carbocycles. The van der Waals surface area contributed by atoms with E-state index in [9.17, 15) is 10.1 Å². The molecule has 1 saturated heterocycles. The van der Waals surface area contributed by atoms with Crippen LogP contribution in [0.25, 0.3) is 0 Å². The number of nitrogens with zero attached hydrogens (tertiary/aromatic N) is 1. The minimum atomic E-state index is -0.497. The van der Waals surface area contributed by atoms with E-state index in [0.717, 1.165) is 0 Å². The Morgan fingerprint density at radius 3 is 2.59 bits per heavy atom. The highest BCUT2D eigenvalue weighted by Crippen LogP contribution is 2.21. The molecule has 1 aliphatic heterocycles. The molecule has 0 atom stereocenters. The fourth-order valence-electron chi connectivity index (χ4n) is 1.67. The first-order valence-electron chi connectivity index (χ1n) is 5.45. The average Bonchev–Trinajstić information content (AvgIpc) is 2.29. The topological polar surface area (TPSA) is 61.6 Å². The molecular weight excluding hydrogens is 221 g/mol. The van der Waals surface area contributed by atoms with Crippen molar-refractivity contribution in [2.75, 3.05) is 13.2 Å². The fraction of sp³-hybridized carbons (Fsp3) is 0.455. The largest absolute Gasteiger partial charge is 0.494 e. The van der Waals surface area contributed by atoms with E-state index in [1.165, 1.54) is 12.1 Å². The summed E-state index contributed by atoms with van der Waals surface area (Å²) >= 11 is 0. The summed E-state index contributed by atoms with van der Waals surface area (Å²) in [6.07, 6.45) is 0. The molecule has 2 rings (SSSR count). The van der Waals surface area contributed by atoms with Crippen molar-refractivity contribution in [3.8, 4) is 0 Å². The second-order valence-electron chi connectivity index (χ2n) is 4.97. The van der Waals surface area contributed by atoms with Crippen LogP contribution in [0.2, 0.25) is 0 Å². The standard InChI is InChI=1S/C11H14BNO4/c1-11(2)7-16-12(17-8-11)9-4-3-5-10(6-9)13(14)15/h3-6H,7-8H2,1-2H3. The molecule has 1 aromatic rings. The summed E-state index contributed by atoms with van der Waals surface area (Å²) in [6.45, 7) is 5.27. The lowest BCUT2D eigenvalue weighted by molar-refractivity contribution is -0.384. The summed E-state index contributed by atoms with van der Waals surface area (Å²) in [5.74, 6) is 0. The number of non-ortho nitro benzene ring substituents is 1. The van der Waals surface area contributed by atoms with Gasteiger partial charge in [0.2, 0.25) is 0 Å². The van der Waals surface area contributed by atoms with Gasteiger partial charge < -0.3 is 9.31 Å². The molecule has 0 aliphatic carbocycles. The molecule has 6 heteroatoms. The van der Waals surface area contributed by atoms with Gasteiger partial charge in [0.25, 0.3) is 5.69 Å². The Bertz CT molecular complexity index is 425. The first kappa shape index (κ1) is 12.1. The van der Waals surface area contributed by atoms with Crippen molar-refractivity contribution in [1.29, 1.82) is 0 Å². The zero-order valence-corrected chi connectivity index (χ0v) is 9.88. The Morgan fingerprint density at radius 1 is 1.35 bits per heavy atom. The Labute approximate surface area is 100 Å². The van der Waals surface area contributed by atoms with Gasteiger partial charge in [-0.1, -0.05) is 26.0 Å². The molecule has 1 aromatic carbocycles. The molecule has 0 unspecified atom stereocenters. The molecule has 0 amide bonds. The monoisotopic (exact) mass is 235 g/mol. The van der Waals surface area contributed by atoms with E-state index in [-0.39, 0.29) is 11.1 Å². The highest BCUT2D eigenvalue weighted by atomic mass is 16.6. The van der Waals surface area contributed by atoms with Gasteiger partial charge in [-0.05, 0) is 5.46 Å². The van der Waals surface area contributed by atoms with Gasteiger partial charge in [-0.15, -0.1) is 0 Å². The first-order chi connectivity index (χ1) is 7.98. The quantitative estimate of drug-likeness (QED) is 0.441. The van der Waals surface area contributed by atoms with Crippen LogP contribution in [-0.4, -0.2) is 25.3 Å². The van der Waals surface area contributed by atoms with E-state index < -0.39 is 12.0 Å².